The molecular weight excluding hydrogens is 262 g/mol. The Balaban J connectivity index is 4.75. The molecule has 20 heavy (non-hydrogen) atoms. The van der Waals surface area contributed by atoms with E-state index in [-0.39, 0.29) is 13.2 Å². The van der Waals surface area contributed by atoms with Crippen molar-refractivity contribution in [1.29, 1.82) is 0 Å². The molecule has 0 heterocycles. The van der Waals surface area contributed by atoms with Crippen molar-refractivity contribution in [1.82, 2.24) is 4.90 Å². The van der Waals surface area contributed by atoms with E-state index in [9.17, 15) is 9.59 Å². The van der Waals surface area contributed by atoms with Crippen LogP contribution in [0.25, 0.3) is 0 Å². The molecule has 2 amide bonds. The van der Waals surface area contributed by atoms with Gasteiger partial charge in [0, 0.05) is 17.6 Å². The summed E-state index contributed by atoms with van der Waals surface area (Å²) >= 11 is 0. The SMILES string of the molecule is CC(C)(C)N(C(=O)OCC(CN)OC(N)=O)C(C)(C)C. The molecule has 0 aromatic heterocycles. The zero-order valence-corrected chi connectivity index (χ0v) is 13.2. The van der Waals surface area contributed by atoms with E-state index in [2.05, 4.69) is 0 Å². The number of rotatable bonds is 4. The molecule has 0 spiro atoms. The van der Waals surface area contributed by atoms with Gasteiger partial charge >= 0.3 is 12.2 Å². The van der Waals surface area contributed by atoms with Crippen LogP contribution in [0, 0.1) is 0 Å². The minimum absolute atomic E-state index is 0.0290. The average Bonchev–Trinajstić information content (AvgIpc) is 2.19. The van der Waals surface area contributed by atoms with Crippen LogP contribution < -0.4 is 11.5 Å². The lowest BCUT2D eigenvalue weighted by Crippen LogP contribution is -2.56. The molecule has 7 heteroatoms. The van der Waals surface area contributed by atoms with Crippen LogP contribution in [-0.2, 0) is 9.47 Å². The molecule has 0 fully saturated rings. The first-order chi connectivity index (χ1) is 8.89. The van der Waals surface area contributed by atoms with Gasteiger partial charge in [-0.15, -0.1) is 0 Å². The Bertz CT molecular complexity index is 331. The molecule has 1 atom stereocenters. The first-order valence-corrected chi connectivity index (χ1v) is 6.53. The molecule has 0 aliphatic heterocycles. The second-order valence-electron chi connectivity index (χ2n) is 6.55. The quantitative estimate of drug-likeness (QED) is 0.814. The van der Waals surface area contributed by atoms with Gasteiger partial charge in [0.15, 0.2) is 0 Å². The number of nitrogens with two attached hydrogens (primary N) is 2. The lowest BCUT2D eigenvalue weighted by Gasteiger charge is -2.44. The summed E-state index contributed by atoms with van der Waals surface area (Å²) in [6.45, 7) is 11.4. The number of carbonyl (C=O) groups excluding carboxylic acids is 2. The van der Waals surface area contributed by atoms with Gasteiger partial charge in [-0.05, 0) is 41.5 Å². The third-order valence-electron chi connectivity index (χ3n) is 2.46. The summed E-state index contributed by atoms with van der Waals surface area (Å²) in [5.74, 6) is 0. The number of nitrogens with zero attached hydrogens (tertiary/aromatic N) is 1. The first kappa shape index (κ1) is 18.5. The standard InChI is InChI=1S/C13H27N3O4/c1-12(2,3)16(13(4,5)6)11(18)19-8-9(7-14)20-10(15)17/h9H,7-8,14H2,1-6H3,(H2,15,17). The number of primary amides is 1. The van der Waals surface area contributed by atoms with Gasteiger partial charge in [0.05, 0.1) is 0 Å². The van der Waals surface area contributed by atoms with Gasteiger partial charge in [0.1, 0.15) is 12.7 Å². The number of hydrogen-bond donors (Lipinski definition) is 2. The van der Waals surface area contributed by atoms with Gasteiger partial charge in [-0.3, -0.25) is 4.90 Å². The molecular formula is C13H27N3O4. The molecule has 0 bridgehead atoms. The normalized spacial score (nSPS) is 13.6. The van der Waals surface area contributed by atoms with Crippen molar-refractivity contribution in [2.75, 3.05) is 13.2 Å². The van der Waals surface area contributed by atoms with Crippen LogP contribution >= 0.6 is 0 Å². The first-order valence-electron chi connectivity index (χ1n) is 6.53. The van der Waals surface area contributed by atoms with Crippen molar-refractivity contribution in [3.8, 4) is 0 Å². The van der Waals surface area contributed by atoms with E-state index in [1.165, 1.54) is 0 Å². The van der Waals surface area contributed by atoms with Crippen LogP contribution in [0.3, 0.4) is 0 Å². The molecule has 118 valence electrons. The molecule has 0 aliphatic carbocycles. The average molecular weight is 289 g/mol. The van der Waals surface area contributed by atoms with Gasteiger partial charge in [0.25, 0.3) is 0 Å². The van der Waals surface area contributed by atoms with Gasteiger partial charge < -0.3 is 20.9 Å². The van der Waals surface area contributed by atoms with Crippen LogP contribution in [0.1, 0.15) is 41.5 Å². The number of amides is 2. The van der Waals surface area contributed by atoms with Crippen LogP contribution in [-0.4, -0.2) is 47.4 Å². The Morgan fingerprint density at radius 3 is 1.85 bits per heavy atom. The summed E-state index contributed by atoms with van der Waals surface area (Å²) in [6.07, 6.45) is -2.17. The fourth-order valence-electron chi connectivity index (χ4n) is 2.10. The highest BCUT2D eigenvalue weighted by molar-refractivity contribution is 5.69. The van der Waals surface area contributed by atoms with E-state index in [1.54, 1.807) is 4.90 Å². The summed E-state index contributed by atoms with van der Waals surface area (Å²) in [6, 6.07) is 0. The molecule has 0 rings (SSSR count). The molecule has 0 radical (unpaired) electrons. The summed E-state index contributed by atoms with van der Waals surface area (Å²) < 4.78 is 9.90. The monoisotopic (exact) mass is 289 g/mol. The zero-order valence-electron chi connectivity index (χ0n) is 13.2. The van der Waals surface area contributed by atoms with Gasteiger partial charge in [0.2, 0.25) is 0 Å². The molecule has 0 aromatic rings. The van der Waals surface area contributed by atoms with Crippen LogP contribution in [0.15, 0.2) is 0 Å². The number of carbonyl (C=O) groups is 2. The van der Waals surface area contributed by atoms with Gasteiger partial charge in [-0.1, -0.05) is 0 Å². The maximum absolute atomic E-state index is 12.2. The predicted molar refractivity (Wildman–Crippen MR) is 76.2 cm³/mol. The fraction of sp³-hybridized carbons (Fsp3) is 0.846. The Hall–Kier alpha value is -1.50. The molecule has 0 saturated carbocycles. The highest BCUT2D eigenvalue weighted by Gasteiger charge is 2.37. The predicted octanol–water partition coefficient (Wildman–Crippen LogP) is 1.44. The van der Waals surface area contributed by atoms with E-state index < -0.39 is 29.4 Å². The minimum atomic E-state index is -0.944. The van der Waals surface area contributed by atoms with Crippen LogP contribution in [0.4, 0.5) is 9.59 Å². The molecule has 1 unspecified atom stereocenters. The smallest absolute Gasteiger partial charge is 0.410 e. The molecule has 4 N–H and O–H groups in total. The minimum Gasteiger partial charge on any atom is -0.445 e. The molecule has 7 nitrogen and oxygen atoms in total. The maximum Gasteiger partial charge on any atom is 0.410 e. The van der Waals surface area contributed by atoms with Crippen molar-refractivity contribution in [3.05, 3.63) is 0 Å². The Kier molecular flexibility index (Phi) is 6.28. The van der Waals surface area contributed by atoms with E-state index in [1.807, 2.05) is 41.5 Å². The Morgan fingerprint density at radius 2 is 1.55 bits per heavy atom. The topological polar surface area (TPSA) is 108 Å². The van der Waals surface area contributed by atoms with Crippen molar-refractivity contribution in [2.24, 2.45) is 11.5 Å². The second-order valence-corrected chi connectivity index (χ2v) is 6.55. The lowest BCUT2D eigenvalue weighted by atomic mass is 9.97. The van der Waals surface area contributed by atoms with Crippen molar-refractivity contribution in [3.63, 3.8) is 0 Å². The fourth-order valence-corrected chi connectivity index (χ4v) is 2.10. The van der Waals surface area contributed by atoms with E-state index in [4.69, 9.17) is 20.9 Å². The zero-order chi connectivity index (χ0) is 16.1. The van der Waals surface area contributed by atoms with E-state index in [0.717, 1.165) is 0 Å². The van der Waals surface area contributed by atoms with Gasteiger partial charge in [-0.25, -0.2) is 9.59 Å². The Morgan fingerprint density at radius 1 is 1.10 bits per heavy atom. The molecule has 0 aromatic carbocycles. The highest BCUT2D eigenvalue weighted by atomic mass is 16.6. The molecule has 0 aliphatic rings. The lowest BCUT2D eigenvalue weighted by molar-refractivity contribution is -0.00233. The van der Waals surface area contributed by atoms with Crippen molar-refractivity contribution >= 4 is 12.2 Å². The summed E-state index contributed by atoms with van der Waals surface area (Å²) in [7, 11) is 0. The van der Waals surface area contributed by atoms with Crippen LogP contribution in [0.2, 0.25) is 0 Å². The summed E-state index contributed by atoms with van der Waals surface area (Å²) in [5, 5.41) is 0. The van der Waals surface area contributed by atoms with Crippen molar-refractivity contribution in [2.45, 2.75) is 58.7 Å². The largest absolute Gasteiger partial charge is 0.445 e. The number of hydrogen-bond acceptors (Lipinski definition) is 5. The van der Waals surface area contributed by atoms with Gasteiger partial charge in [-0.2, -0.15) is 0 Å². The highest BCUT2D eigenvalue weighted by Crippen LogP contribution is 2.25. The third kappa shape index (κ3) is 6.10. The number of ether oxygens (including phenoxy) is 2. The van der Waals surface area contributed by atoms with E-state index >= 15 is 0 Å². The summed E-state index contributed by atoms with van der Waals surface area (Å²) in [4.78, 5) is 24.5. The van der Waals surface area contributed by atoms with Crippen molar-refractivity contribution < 1.29 is 19.1 Å². The van der Waals surface area contributed by atoms with Crippen LogP contribution in [0.5, 0.6) is 0 Å². The third-order valence-corrected chi connectivity index (χ3v) is 2.46. The maximum atomic E-state index is 12.2. The molecule has 0 saturated heterocycles. The Labute approximate surface area is 120 Å². The summed E-state index contributed by atoms with van der Waals surface area (Å²) in [5.41, 5.74) is 9.51. The van der Waals surface area contributed by atoms with E-state index in [0.29, 0.717) is 0 Å². The second kappa shape index (κ2) is 6.78.